The molecule has 0 spiro atoms. The van der Waals surface area contributed by atoms with Gasteiger partial charge < -0.3 is 0 Å². The first kappa shape index (κ1) is 6.69. The van der Waals surface area contributed by atoms with Crippen LogP contribution < -0.4 is 0 Å². The third kappa shape index (κ3) is 1.09. The van der Waals surface area contributed by atoms with Crippen LogP contribution in [0.5, 0.6) is 0 Å². The standard InChI is InChI=1S/C10H18/c1-2-8-4-3-5-10(8)9-6-7-9/h8-10H,2-7H2,1H3. The Morgan fingerprint density at radius 3 is 2.50 bits per heavy atom. The van der Waals surface area contributed by atoms with E-state index in [1.165, 1.54) is 25.2 Å². The van der Waals surface area contributed by atoms with E-state index < -0.39 is 0 Å². The highest BCUT2D eigenvalue weighted by atomic mass is 14.4. The van der Waals surface area contributed by atoms with Crippen molar-refractivity contribution in [1.29, 1.82) is 0 Å². The number of hydrogen-bond acceptors (Lipinski definition) is 0. The highest BCUT2D eigenvalue weighted by Gasteiger charge is 2.37. The van der Waals surface area contributed by atoms with Crippen molar-refractivity contribution in [3.05, 3.63) is 0 Å². The third-order valence-electron chi connectivity index (χ3n) is 3.47. The van der Waals surface area contributed by atoms with Crippen LogP contribution >= 0.6 is 0 Å². The molecule has 2 saturated carbocycles. The molecule has 0 heteroatoms. The topological polar surface area (TPSA) is 0 Å². The molecular weight excluding hydrogens is 120 g/mol. The molecule has 2 atom stereocenters. The van der Waals surface area contributed by atoms with E-state index in [-0.39, 0.29) is 0 Å². The summed E-state index contributed by atoms with van der Waals surface area (Å²) in [5.74, 6) is 3.45. The first-order chi connectivity index (χ1) is 4.92. The summed E-state index contributed by atoms with van der Waals surface area (Å²) in [5.41, 5.74) is 0. The predicted octanol–water partition coefficient (Wildman–Crippen LogP) is 3.22. The fourth-order valence-corrected chi connectivity index (χ4v) is 2.72. The quantitative estimate of drug-likeness (QED) is 0.549. The van der Waals surface area contributed by atoms with Gasteiger partial charge in [0.15, 0.2) is 0 Å². The van der Waals surface area contributed by atoms with E-state index in [9.17, 15) is 0 Å². The molecule has 0 aromatic heterocycles. The van der Waals surface area contributed by atoms with Gasteiger partial charge in [-0.1, -0.05) is 26.2 Å². The van der Waals surface area contributed by atoms with Gasteiger partial charge in [-0.25, -0.2) is 0 Å². The molecule has 10 heavy (non-hydrogen) atoms. The summed E-state index contributed by atoms with van der Waals surface area (Å²) >= 11 is 0. The van der Waals surface area contributed by atoms with E-state index in [1.807, 2.05) is 0 Å². The van der Waals surface area contributed by atoms with Gasteiger partial charge in [-0.05, 0) is 37.0 Å². The van der Waals surface area contributed by atoms with Crippen molar-refractivity contribution in [2.24, 2.45) is 17.8 Å². The summed E-state index contributed by atoms with van der Waals surface area (Å²) in [5, 5.41) is 0. The van der Waals surface area contributed by atoms with Gasteiger partial charge >= 0.3 is 0 Å². The second-order valence-corrected chi connectivity index (χ2v) is 4.10. The van der Waals surface area contributed by atoms with Crippen LogP contribution in [0, 0.1) is 17.8 Å². The lowest BCUT2D eigenvalue weighted by Gasteiger charge is -2.16. The minimum atomic E-state index is 1.12. The van der Waals surface area contributed by atoms with Crippen LogP contribution in [0.25, 0.3) is 0 Å². The van der Waals surface area contributed by atoms with Crippen LogP contribution in [0.3, 0.4) is 0 Å². The van der Waals surface area contributed by atoms with Crippen LogP contribution in [-0.4, -0.2) is 0 Å². The molecule has 2 aliphatic rings. The van der Waals surface area contributed by atoms with Gasteiger partial charge in [0.05, 0.1) is 0 Å². The Labute approximate surface area is 64.0 Å². The third-order valence-corrected chi connectivity index (χ3v) is 3.47. The average Bonchev–Trinajstić information content (AvgIpc) is 2.69. The Hall–Kier alpha value is 0. The van der Waals surface area contributed by atoms with Crippen molar-refractivity contribution in [2.45, 2.75) is 45.4 Å². The Morgan fingerprint density at radius 1 is 1.10 bits per heavy atom. The van der Waals surface area contributed by atoms with Crippen LogP contribution in [-0.2, 0) is 0 Å². The molecule has 0 heterocycles. The van der Waals surface area contributed by atoms with Gasteiger partial charge in [0.2, 0.25) is 0 Å². The molecule has 0 saturated heterocycles. The van der Waals surface area contributed by atoms with E-state index in [0.29, 0.717) is 0 Å². The molecule has 0 aromatic carbocycles. The van der Waals surface area contributed by atoms with Crippen LogP contribution in [0.1, 0.15) is 45.4 Å². The minimum Gasteiger partial charge on any atom is -0.0651 e. The lowest BCUT2D eigenvalue weighted by atomic mass is 9.90. The molecular formula is C10H18. The molecule has 2 rings (SSSR count). The van der Waals surface area contributed by atoms with E-state index in [2.05, 4.69) is 6.92 Å². The Kier molecular flexibility index (Phi) is 1.71. The van der Waals surface area contributed by atoms with Crippen molar-refractivity contribution in [2.75, 3.05) is 0 Å². The van der Waals surface area contributed by atoms with E-state index >= 15 is 0 Å². The molecule has 58 valence electrons. The normalized spacial score (nSPS) is 40.5. The molecule has 0 N–H and O–H groups in total. The van der Waals surface area contributed by atoms with Crippen LogP contribution in [0.2, 0.25) is 0 Å². The lowest BCUT2D eigenvalue weighted by Crippen LogP contribution is -2.08. The van der Waals surface area contributed by atoms with Gasteiger partial charge in [0, 0.05) is 0 Å². The van der Waals surface area contributed by atoms with Gasteiger partial charge in [0.25, 0.3) is 0 Å². The SMILES string of the molecule is CCC1CCCC1C1CC1. The van der Waals surface area contributed by atoms with Crippen LogP contribution in [0.15, 0.2) is 0 Å². The van der Waals surface area contributed by atoms with Gasteiger partial charge in [0.1, 0.15) is 0 Å². The lowest BCUT2D eigenvalue weighted by molar-refractivity contribution is 0.337. The zero-order chi connectivity index (χ0) is 6.97. The first-order valence-electron chi connectivity index (χ1n) is 4.92. The summed E-state index contributed by atoms with van der Waals surface area (Å²) in [6.07, 6.45) is 9.18. The smallest absolute Gasteiger partial charge is 0.0358 e. The Bertz CT molecular complexity index is 113. The van der Waals surface area contributed by atoms with E-state index in [1.54, 1.807) is 19.3 Å². The van der Waals surface area contributed by atoms with Crippen LogP contribution in [0.4, 0.5) is 0 Å². The second-order valence-electron chi connectivity index (χ2n) is 4.10. The van der Waals surface area contributed by atoms with E-state index in [4.69, 9.17) is 0 Å². The van der Waals surface area contributed by atoms with Crippen molar-refractivity contribution in [1.82, 2.24) is 0 Å². The summed E-state index contributed by atoms with van der Waals surface area (Å²) in [6.45, 7) is 2.37. The summed E-state index contributed by atoms with van der Waals surface area (Å²) in [7, 11) is 0. The zero-order valence-electron chi connectivity index (χ0n) is 6.97. The number of hydrogen-bond donors (Lipinski definition) is 0. The summed E-state index contributed by atoms with van der Waals surface area (Å²) in [4.78, 5) is 0. The van der Waals surface area contributed by atoms with Crippen molar-refractivity contribution in [3.63, 3.8) is 0 Å². The van der Waals surface area contributed by atoms with Gasteiger partial charge in [-0.3, -0.25) is 0 Å². The molecule has 0 aromatic rings. The van der Waals surface area contributed by atoms with Gasteiger partial charge in [-0.15, -0.1) is 0 Å². The van der Waals surface area contributed by atoms with E-state index in [0.717, 1.165) is 11.8 Å². The molecule has 0 amide bonds. The molecule has 2 aliphatic carbocycles. The van der Waals surface area contributed by atoms with Crippen molar-refractivity contribution in [3.8, 4) is 0 Å². The van der Waals surface area contributed by atoms with Gasteiger partial charge in [-0.2, -0.15) is 0 Å². The monoisotopic (exact) mass is 138 g/mol. The molecule has 0 nitrogen and oxygen atoms in total. The number of rotatable bonds is 2. The molecule has 0 aliphatic heterocycles. The fourth-order valence-electron chi connectivity index (χ4n) is 2.72. The second kappa shape index (κ2) is 2.56. The fraction of sp³-hybridized carbons (Fsp3) is 1.00. The largest absolute Gasteiger partial charge is 0.0651 e. The molecule has 0 bridgehead atoms. The minimum absolute atomic E-state index is 1.12. The molecule has 0 radical (unpaired) electrons. The first-order valence-corrected chi connectivity index (χ1v) is 4.92. The molecule has 2 fully saturated rings. The average molecular weight is 138 g/mol. The predicted molar refractivity (Wildman–Crippen MR) is 43.8 cm³/mol. The zero-order valence-corrected chi connectivity index (χ0v) is 6.97. The maximum absolute atomic E-state index is 2.37. The van der Waals surface area contributed by atoms with Crippen molar-refractivity contribution < 1.29 is 0 Å². The Morgan fingerprint density at radius 2 is 1.90 bits per heavy atom. The maximum atomic E-state index is 2.37. The highest BCUT2D eigenvalue weighted by Crippen LogP contribution is 2.48. The highest BCUT2D eigenvalue weighted by molar-refractivity contribution is 4.88. The Balaban J connectivity index is 1.91. The molecule has 2 unspecified atom stereocenters. The summed E-state index contributed by atoms with van der Waals surface area (Å²) < 4.78 is 0. The maximum Gasteiger partial charge on any atom is -0.0358 e. The summed E-state index contributed by atoms with van der Waals surface area (Å²) in [6, 6.07) is 0. The van der Waals surface area contributed by atoms with Crippen molar-refractivity contribution >= 4 is 0 Å².